The number of ether oxygens (including phenoxy) is 2. The average molecular weight is 287 g/mol. The Bertz CT molecular complexity index is 589. The number of anilines is 1. The van der Waals surface area contributed by atoms with E-state index in [1.165, 1.54) is 6.07 Å². The summed E-state index contributed by atoms with van der Waals surface area (Å²) in [7, 11) is 1.59. The molecular formula is C14H17N5O2. The normalized spacial score (nSPS) is 10.9. The average Bonchev–Trinajstić information content (AvgIpc) is 2.48. The van der Waals surface area contributed by atoms with Crippen LogP contribution in [0.5, 0.6) is 6.01 Å². The van der Waals surface area contributed by atoms with E-state index in [2.05, 4.69) is 20.2 Å². The quantitative estimate of drug-likeness (QED) is 0.623. The van der Waals surface area contributed by atoms with E-state index < -0.39 is 0 Å². The number of aromatic nitrogens is 2. The second-order valence-electron chi connectivity index (χ2n) is 4.16. The fourth-order valence-corrected chi connectivity index (χ4v) is 1.54. The highest BCUT2D eigenvalue weighted by Gasteiger charge is 2.03. The van der Waals surface area contributed by atoms with E-state index >= 15 is 0 Å². The third-order valence-electron chi connectivity index (χ3n) is 2.50. The molecule has 2 N–H and O–H groups in total. The summed E-state index contributed by atoms with van der Waals surface area (Å²) in [6, 6.07) is 11.5. The van der Waals surface area contributed by atoms with E-state index in [1.807, 2.05) is 30.3 Å². The van der Waals surface area contributed by atoms with E-state index in [-0.39, 0.29) is 11.8 Å². The molecule has 7 heteroatoms. The van der Waals surface area contributed by atoms with Crippen LogP contribution in [0.3, 0.4) is 0 Å². The van der Waals surface area contributed by atoms with Crippen molar-refractivity contribution in [1.29, 1.82) is 0 Å². The molecule has 0 radical (unpaired) electrons. The molecule has 0 aliphatic carbocycles. The highest BCUT2D eigenvalue weighted by Crippen LogP contribution is 2.16. The Morgan fingerprint density at radius 1 is 1.14 bits per heavy atom. The van der Waals surface area contributed by atoms with Crippen molar-refractivity contribution >= 4 is 11.6 Å². The molecule has 7 nitrogen and oxygen atoms in total. The van der Waals surface area contributed by atoms with Crippen LogP contribution in [-0.2, 0) is 11.3 Å². The van der Waals surface area contributed by atoms with Gasteiger partial charge in [0.15, 0.2) is 5.82 Å². The first-order valence-corrected chi connectivity index (χ1v) is 6.45. The predicted molar refractivity (Wildman–Crippen MR) is 78.5 cm³/mol. The molecule has 0 aliphatic heterocycles. The van der Waals surface area contributed by atoms with Crippen LogP contribution in [0.15, 0.2) is 46.6 Å². The Balaban J connectivity index is 1.98. The molecule has 21 heavy (non-hydrogen) atoms. The molecular weight excluding hydrogens is 270 g/mol. The molecule has 1 heterocycles. The summed E-state index contributed by atoms with van der Waals surface area (Å²) >= 11 is 0. The molecule has 0 bridgehead atoms. The van der Waals surface area contributed by atoms with E-state index in [9.17, 15) is 0 Å². The van der Waals surface area contributed by atoms with Crippen LogP contribution >= 0.6 is 0 Å². The first kappa shape index (κ1) is 14.9. The molecule has 1 aromatic heterocycles. The van der Waals surface area contributed by atoms with Crippen molar-refractivity contribution in [1.82, 2.24) is 9.97 Å². The Morgan fingerprint density at radius 3 is 2.71 bits per heavy atom. The summed E-state index contributed by atoms with van der Waals surface area (Å²) in [5.41, 5.74) is 6.75. The summed E-state index contributed by atoms with van der Waals surface area (Å²) in [4.78, 5) is 8.07. The van der Waals surface area contributed by atoms with Gasteiger partial charge in [0, 0.05) is 13.2 Å². The molecule has 2 rings (SSSR count). The second kappa shape index (κ2) is 7.91. The zero-order valence-electron chi connectivity index (χ0n) is 11.8. The van der Waals surface area contributed by atoms with E-state index in [1.54, 1.807) is 7.11 Å². The minimum atomic E-state index is 0.167. The lowest BCUT2D eigenvalue weighted by molar-refractivity contribution is 0.141. The van der Waals surface area contributed by atoms with Crippen LogP contribution in [0.25, 0.3) is 0 Å². The van der Waals surface area contributed by atoms with E-state index in [4.69, 9.17) is 15.2 Å². The Kier molecular flexibility index (Phi) is 5.60. The van der Waals surface area contributed by atoms with Crippen LogP contribution in [0, 0.1) is 0 Å². The number of nitrogen functional groups attached to an aromatic ring is 1. The number of azo groups is 1. The van der Waals surface area contributed by atoms with Crippen LogP contribution < -0.4 is 10.5 Å². The minimum Gasteiger partial charge on any atom is -0.461 e. The van der Waals surface area contributed by atoms with Crippen LogP contribution in [0.1, 0.15) is 5.56 Å². The molecule has 110 valence electrons. The maximum Gasteiger partial charge on any atom is 0.320 e. The maximum absolute atomic E-state index is 5.68. The van der Waals surface area contributed by atoms with Gasteiger partial charge >= 0.3 is 6.01 Å². The minimum absolute atomic E-state index is 0.167. The number of nitrogens with two attached hydrogens (primary N) is 1. The number of methoxy groups -OCH3 is 1. The van der Waals surface area contributed by atoms with Gasteiger partial charge in [-0.1, -0.05) is 30.3 Å². The van der Waals surface area contributed by atoms with Crippen molar-refractivity contribution < 1.29 is 9.47 Å². The molecule has 0 saturated carbocycles. The fourth-order valence-electron chi connectivity index (χ4n) is 1.54. The van der Waals surface area contributed by atoms with Gasteiger partial charge in [-0.25, -0.2) is 0 Å². The molecule has 0 saturated heterocycles. The van der Waals surface area contributed by atoms with Crippen LogP contribution in [0.4, 0.5) is 11.6 Å². The summed E-state index contributed by atoms with van der Waals surface area (Å²) < 4.78 is 10.2. The number of nitrogens with zero attached hydrogens (tertiary/aromatic N) is 4. The van der Waals surface area contributed by atoms with Crippen molar-refractivity contribution in [3.63, 3.8) is 0 Å². The van der Waals surface area contributed by atoms with Gasteiger partial charge in [0.05, 0.1) is 13.2 Å². The zero-order chi connectivity index (χ0) is 14.9. The second-order valence-corrected chi connectivity index (χ2v) is 4.16. The van der Waals surface area contributed by atoms with Gasteiger partial charge in [0.1, 0.15) is 12.4 Å². The van der Waals surface area contributed by atoms with Gasteiger partial charge in [-0.2, -0.15) is 15.1 Å². The lowest BCUT2D eigenvalue weighted by Crippen LogP contribution is -2.07. The molecule has 2 aromatic rings. The third-order valence-corrected chi connectivity index (χ3v) is 2.50. The summed E-state index contributed by atoms with van der Waals surface area (Å²) in [5, 5.41) is 8.12. The first-order chi connectivity index (χ1) is 10.3. The highest BCUT2D eigenvalue weighted by atomic mass is 16.5. The molecule has 0 unspecified atom stereocenters. The lowest BCUT2D eigenvalue weighted by Gasteiger charge is -2.04. The molecule has 0 spiro atoms. The SMILES string of the molecule is COCCOc1nc(N)cc(N=NCc2ccccc2)n1. The zero-order valence-corrected chi connectivity index (χ0v) is 11.8. The molecule has 0 atom stereocenters. The van der Waals surface area contributed by atoms with Gasteiger partial charge in [-0.15, -0.1) is 5.11 Å². The van der Waals surface area contributed by atoms with Crippen molar-refractivity contribution in [3.8, 4) is 6.01 Å². The standard InChI is InChI=1S/C14H17N5O2/c1-20-7-8-21-14-17-12(15)9-13(18-14)19-16-10-11-5-3-2-4-6-11/h2-6,9H,7-8,10H2,1H3,(H2,15,17,18). The first-order valence-electron chi connectivity index (χ1n) is 6.45. The van der Waals surface area contributed by atoms with Crippen molar-refractivity contribution in [2.75, 3.05) is 26.1 Å². The molecule has 1 aromatic carbocycles. The van der Waals surface area contributed by atoms with Gasteiger partial charge in [-0.3, -0.25) is 0 Å². The number of hydrogen-bond acceptors (Lipinski definition) is 7. The van der Waals surface area contributed by atoms with Gasteiger partial charge in [-0.05, 0) is 5.56 Å². The van der Waals surface area contributed by atoms with Crippen molar-refractivity contribution in [2.24, 2.45) is 10.2 Å². The highest BCUT2D eigenvalue weighted by molar-refractivity contribution is 5.41. The van der Waals surface area contributed by atoms with Crippen LogP contribution in [0.2, 0.25) is 0 Å². The largest absolute Gasteiger partial charge is 0.461 e. The predicted octanol–water partition coefficient (Wildman–Crippen LogP) is 2.37. The Morgan fingerprint density at radius 2 is 1.95 bits per heavy atom. The maximum atomic E-state index is 5.68. The molecule has 0 aliphatic rings. The van der Waals surface area contributed by atoms with Crippen LogP contribution in [-0.4, -0.2) is 30.3 Å². The van der Waals surface area contributed by atoms with Gasteiger partial charge in [0.25, 0.3) is 0 Å². The monoisotopic (exact) mass is 287 g/mol. The number of hydrogen-bond donors (Lipinski definition) is 1. The summed E-state index contributed by atoms with van der Waals surface area (Å²) in [6.07, 6.45) is 0. The summed E-state index contributed by atoms with van der Waals surface area (Å²) in [6.45, 7) is 1.27. The Hall–Kier alpha value is -2.54. The smallest absolute Gasteiger partial charge is 0.320 e. The molecule has 0 amide bonds. The van der Waals surface area contributed by atoms with Crippen molar-refractivity contribution in [3.05, 3.63) is 42.0 Å². The van der Waals surface area contributed by atoms with E-state index in [0.717, 1.165) is 5.56 Å². The lowest BCUT2D eigenvalue weighted by atomic mass is 10.2. The van der Waals surface area contributed by atoms with Gasteiger partial charge < -0.3 is 15.2 Å². The van der Waals surface area contributed by atoms with E-state index in [0.29, 0.717) is 25.6 Å². The topological polar surface area (TPSA) is 95.0 Å². The molecule has 0 fully saturated rings. The van der Waals surface area contributed by atoms with Gasteiger partial charge in [0.2, 0.25) is 0 Å². The third kappa shape index (κ3) is 5.15. The number of benzene rings is 1. The summed E-state index contributed by atoms with van der Waals surface area (Å²) in [5.74, 6) is 0.650. The fraction of sp³-hybridized carbons (Fsp3) is 0.286. The number of rotatable bonds is 7. The van der Waals surface area contributed by atoms with Crippen molar-refractivity contribution in [2.45, 2.75) is 6.54 Å². The Labute approximate surface area is 122 Å².